The summed E-state index contributed by atoms with van der Waals surface area (Å²) < 4.78 is 3.42. The first-order valence-electron chi connectivity index (χ1n) is 26.9. The summed E-state index contributed by atoms with van der Waals surface area (Å²) in [7, 11) is 0. The van der Waals surface area contributed by atoms with Gasteiger partial charge in [-0.1, -0.05) is 40.0 Å². The average Bonchev–Trinajstić information content (AvgIpc) is 4.10. The third-order valence-electron chi connectivity index (χ3n) is 16.0. The van der Waals surface area contributed by atoms with Crippen molar-refractivity contribution in [3.63, 3.8) is 0 Å². The van der Waals surface area contributed by atoms with Crippen molar-refractivity contribution >= 4 is 62.7 Å². The van der Waals surface area contributed by atoms with Crippen molar-refractivity contribution in [2.24, 2.45) is 5.92 Å². The predicted molar refractivity (Wildman–Crippen MR) is 306 cm³/mol. The molecule has 356 valence electrons. The van der Waals surface area contributed by atoms with Gasteiger partial charge in [0.25, 0.3) is 0 Å². The minimum atomic E-state index is -2.55. The summed E-state index contributed by atoms with van der Waals surface area (Å²) in [6.45, 7) is 6.95. The molecule has 0 saturated carbocycles. The van der Waals surface area contributed by atoms with Gasteiger partial charge in [-0.2, -0.15) is 0 Å². The van der Waals surface area contributed by atoms with Gasteiger partial charge >= 0.3 is 393 Å². The average molecular weight is 1150 g/mol. The molecule has 0 nitrogen and oxygen atoms in total. The molecular weight excluding hydrogens is 1070 g/mol. The molecule has 0 bridgehead atoms. The Hall–Kier alpha value is -2.51. The van der Waals surface area contributed by atoms with E-state index >= 15 is 0 Å². The number of aryl methyl sites for hydroxylation is 3. The van der Waals surface area contributed by atoms with Crippen LogP contribution in [0.3, 0.4) is 0 Å². The van der Waals surface area contributed by atoms with Crippen LogP contribution in [0.25, 0.3) is 10.4 Å². The molecule has 0 fully saturated rings. The zero-order valence-electron chi connectivity index (χ0n) is 43.2. The summed E-state index contributed by atoms with van der Waals surface area (Å²) >= 11 is -0.637. The summed E-state index contributed by atoms with van der Waals surface area (Å²) in [6, 6.07) is 50.4. The fraction of sp³-hybridized carbons (Fsp3) is 0.438. The monoisotopic (exact) mass is 1150 g/mol. The van der Waals surface area contributed by atoms with Crippen LogP contribution >= 0.6 is 23.1 Å². The first-order chi connectivity index (χ1) is 32.8. The summed E-state index contributed by atoms with van der Waals surface area (Å²) in [5.41, 5.74) is 17.1. The predicted octanol–water partition coefficient (Wildman–Crippen LogP) is 18.5. The molecule has 0 saturated heterocycles. The zero-order chi connectivity index (χ0) is 47.7. The number of unbranched alkanes of at least 4 members (excludes halogenated alkanes) is 9. The summed E-state index contributed by atoms with van der Waals surface area (Å²) in [4.78, 5) is 17.3. The molecular formula is C64H80S2Sn2. The van der Waals surface area contributed by atoms with Crippen molar-refractivity contribution < 1.29 is 0 Å². The number of hydrogen-bond acceptors (Lipinski definition) is 2. The van der Waals surface area contributed by atoms with E-state index in [0.29, 0.717) is 11.2 Å². The molecule has 0 amide bonds. The zero-order valence-corrected chi connectivity index (χ0v) is 50.5. The fourth-order valence-electron chi connectivity index (χ4n) is 12.2. The second-order valence-electron chi connectivity index (χ2n) is 22.9. The Morgan fingerprint density at radius 3 is 1.43 bits per heavy atom. The molecule has 3 aliphatic rings. The van der Waals surface area contributed by atoms with E-state index in [0.717, 1.165) is 19.3 Å². The Bertz CT molecular complexity index is 2620. The van der Waals surface area contributed by atoms with E-state index in [2.05, 4.69) is 201 Å². The van der Waals surface area contributed by atoms with Crippen LogP contribution in [0.5, 0.6) is 0 Å². The van der Waals surface area contributed by atoms with Crippen LogP contribution in [0.1, 0.15) is 164 Å². The van der Waals surface area contributed by atoms with Gasteiger partial charge in [-0.3, -0.25) is 0 Å². The molecule has 0 spiro atoms. The van der Waals surface area contributed by atoms with Crippen molar-refractivity contribution in [2.45, 2.75) is 163 Å². The second kappa shape index (κ2) is 21.3. The number of fused-ring (bicyclic) bond motifs is 6. The topological polar surface area (TPSA) is 0 Å². The molecule has 3 atom stereocenters. The number of thioether (sulfide) groups is 1. The summed E-state index contributed by atoms with van der Waals surface area (Å²) in [6.07, 6.45) is 21.9. The Kier molecular flexibility index (Phi) is 15.8. The Morgan fingerprint density at radius 2 is 0.956 bits per heavy atom. The van der Waals surface area contributed by atoms with E-state index in [-0.39, 0.29) is 5.41 Å². The van der Waals surface area contributed by atoms with Crippen LogP contribution in [-0.2, 0) is 30.1 Å². The van der Waals surface area contributed by atoms with Crippen LogP contribution in [0.4, 0.5) is 0 Å². The molecule has 9 rings (SSSR count). The molecule has 2 heterocycles. The van der Waals surface area contributed by atoms with Gasteiger partial charge in [-0.15, -0.1) is 0 Å². The molecule has 5 aromatic carbocycles. The maximum atomic E-state index is 2.83. The molecule has 68 heavy (non-hydrogen) atoms. The molecule has 4 heteroatoms. The quantitative estimate of drug-likeness (QED) is 0.0510. The molecule has 0 N–H and O–H groups in total. The maximum absolute atomic E-state index is 2.83. The van der Waals surface area contributed by atoms with Crippen molar-refractivity contribution in [1.29, 1.82) is 0 Å². The summed E-state index contributed by atoms with van der Waals surface area (Å²) in [5.74, 6) is 0.339. The van der Waals surface area contributed by atoms with E-state index in [1.807, 2.05) is 0 Å². The number of allylic oxidation sites excluding steroid dienone is 1. The summed E-state index contributed by atoms with van der Waals surface area (Å²) in [5, 5.41) is 0.365. The van der Waals surface area contributed by atoms with E-state index < -0.39 is 42.2 Å². The van der Waals surface area contributed by atoms with Gasteiger partial charge in [-0.05, 0) is 0 Å². The van der Waals surface area contributed by atoms with Crippen LogP contribution in [0.2, 0.25) is 29.6 Å². The van der Waals surface area contributed by atoms with Crippen molar-refractivity contribution in [3.05, 3.63) is 192 Å². The standard InChI is InChI=1S/C58H62S2.6CH3.2Sn/c1-4-7-10-14-19-42-24-30-46(31-25-42)57(45-22-17-13-18-23-45)51-36-38-59-55(51)49-41-54-50(40-53(49)57)56-52(37-39-60-56)58(54,47-32-26-43(27-33-47)20-15-11-8-5-2)48-34-28-44(29-35-48)21-16-12-9-6-3;;;;;;;;/h13,17-18,22-37,40-41,51,55H,4-12,14-16,19-21H2,1-3H3;6*1H3;;. The molecule has 3 unspecified atom stereocenters. The second-order valence-corrected chi connectivity index (χ2v) is 55.9. The van der Waals surface area contributed by atoms with Crippen LogP contribution in [0.15, 0.2) is 130 Å². The van der Waals surface area contributed by atoms with Crippen LogP contribution in [-0.4, -0.2) is 36.8 Å². The van der Waals surface area contributed by atoms with Gasteiger partial charge in [0, 0.05) is 0 Å². The van der Waals surface area contributed by atoms with E-state index in [9.17, 15) is 0 Å². The molecule has 0 radical (unpaired) electrons. The van der Waals surface area contributed by atoms with Gasteiger partial charge in [0.05, 0.1) is 0 Å². The van der Waals surface area contributed by atoms with Crippen LogP contribution < -0.4 is 2.89 Å². The molecule has 1 aromatic heterocycles. The van der Waals surface area contributed by atoms with E-state index in [1.165, 1.54) is 138 Å². The molecule has 1 aliphatic heterocycles. The Balaban J connectivity index is 1.30. The fourth-order valence-corrected chi connectivity index (χ4v) is 26.3. The van der Waals surface area contributed by atoms with Gasteiger partial charge in [-0.25, -0.2) is 0 Å². The van der Waals surface area contributed by atoms with Gasteiger partial charge in [0.1, 0.15) is 0 Å². The van der Waals surface area contributed by atoms with Crippen molar-refractivity contribution in [2.75, 3.05) is 0 Å². The number of hydrogen-bond donors (Lipinski definition) is 0. The van der Waals surface area contributed by atoms with Crippen molar-refractivity contribution in [3.8, 4) is 10.4 Å². The van der Waals surface area contributed by atoms with Gasteiger partial charge in [0.2, 0.25) is 0 Å². The third-order valence-corrected chi connectivity index (χ3v) is 37.6. The SMILES string of the molecule is CCCCCCc1ccc(C2(c3ccc(CCCCCC)cc3)c3cc4c(cc3-c3s[c]([Sn]([CH3])([CH3])[CH3])cc32)C(c2ccccc2)(c2ccc(CCCCCC)cc2)C2C=[C]([Sn]([CH3])([CH3])[CH3])SC42)cc1. The first kappa shape index (κ1) is 50.4. The van der Waals surface area contributed by atoms with E-state index in [4.69, 9.17) is 0 Å². The first-order valence-corrected chi connectivity index (χ1v) is 48.6. The Labute approximate surface area is 429 Å². The Morgan fingerprint density at radius 1 is 0.471 bits per heavy atom. The third kappa shape index (κ3) is 9.51. The number of benzene rings is 5. The minimum absolute atomic E-state index is 0.295. The number of thiophene rings is 1. The van der Waals surface area contributed by atoms with Crippen LogP contribution in [0, 0.1) is 5.92 Å². The van der Waals surface area contributed by atoms with Gasteiger partial charge < -0.3 is 0 Å². The van der Waals surface area contributed by atoms with Crippen molar-refractivity contribution in [1.82, 2.24) is 0 Å². The number of rotatable bonds is 21. The molecule has 6 aromatic rings. The van der Waals surface area contributed by atoms with Gasteiger partial charge in [0.15, 0.2) is 0 Å². The normalized spacial score (nSPS) is 19.2. The van der Waals surface area contributed by atoms with E-state index in [1.54, 1.807) is 16.9 Å². The molecule has 2 aliphatic carbocycles.